The van der Waals surface area contributed by atoms with Crippen LogP contribution in [0.1, 0.15) is 31.2 Å². The standard InChI is InChI=1S/C13H22N4O2S2/c1-9-11(10(2)16(4)15-9)21(18,19)17-7-5-13(3,6-8-17)12(14)20/h5-8H2,1-4H3,(H2,14,20). The van der Waals surface area contributed by atoms with Crippen molar-refractivity contribution in [3.05, 3.63) is 11.4 Å². The fraction of sp³-hybridized carbons (Fsp3) is 0.692. The Balaban J connectivity index is 2.29. The summed E-state index contributed by atoms with van der Waals surface area (Å²) in [5.74, 6) is 0. The second-order valence-corrected chi connectivity index (χ2v) is 8.27. The number of hydrogen-bond acceptors (Lipinski definition) is 4. The first-order valence-electron chi connectivity index (χ1n) is 6.90. The summed E-state index contributed by atoms with van der Waals surface area (Å²) in [6.45, 7) is 6.37. The highest BCUT2D eigenvalue weighted by atomic mass is 32.2. The second kappa shape index (κ2) is 5.33. The number of piperidine rings is 1. The average Bonchev–Trinajstić information content (AvgIpc) is 2.64. The Kier molecular flexibility index (Phi) is 4.16. The molecule has 1 aliphatic heterocycles. The van der Waals surface area contributed by atoms with Crippen LogP contribution in [0.4, 0.5) is 0 Å². The van der Waals surface area contributed by atoms with E-state index in [2.05, 4.69) is 5.10 Å². The molecule has 2 rings (SSSR count). The normalized spacial score (nSPS) is 19.6. The third-order valence-corrected chi connectivity index (χ3v) is 7.11. The molecule has 6 nitrogen and oxygen atoms in total. The van der Waals surface area contributed by atoms with Crippen LogP contribution in [0, 0.1) is 19.3 Å². The fourth-order valence-corrected chi connectivity index (χ4v) is 4.77. The van der Waals surface area contributed by atoms with Crippen molar-refractivity contribution in [2.75, 3.05) is 13.1 Å². The maximum absolute atomic E-state index is 12.8. The topological polar surface area (TPSA) is 81.2 Å². The molecule has 0 bridgehead atoms. The molecule has 2 N–H and O–H groups in total. The lowest BCUT2D eigenvalue weighted by Crippen LogP contribution is -2.46. The monoisotopic (exact) mass is 330 g/mol. The first-order valence-corrected chi connectivity index (χ1v) is 8.75. The maximum atomic E-state index is 12.8. The SMILES string of the molecule is Cc1nn(C)c(C)c1S(=O)(=O)N1CCC(C)(C(N)=S)CC1. The van der Waals surface area contributed by atoms with Gasteiger partial charge in [-0.2, -0.15) is 9.40 Å². The quantitative estimate of drug-likeness (QED) is 0.840. The third kappa shape index (κ3) is 2.72. The molecule has 2 heterocycles. The summed E-state index contributed by atoms with van der Waals surface area (Å²) < 4.78 is 28.8. The Labute approximate surface area is 131 Å². The summed E-state index contributed by atoms with van der Waals surface area (Å²) >= 11 is 5.10. The summed E-state index contributed by atoms with van der Waals surface area (Å²) in [7, 11) is -1.76. The minimum atomic E-state index is -3.51. The first kappa shape index (κ1) is 16.4. The molecule has 0 saturated carbocycles. The van der Waals surface area contributed by atoms with Crippen molar-refractivity contribution in [3.63, 3.8) is 0 Å². The molecule has 0 amide bonds. The molecule has 1 aromatic heterocycles. The average molecular weight is 330 g/mol. The predicted molar refractivity (Wildman–Crippen MR) is 85.6 cm³/mol. The van der Waals surface area contributed by atoms with E-state index in [-0.39, 0.29) is 5.41 Å². The van der Waals surface area contributed by atoms with Crippen LogP contribution in [0.25, 0.3) is 0 Å². The lowest BCUT2D eigenvalue weighted by Gasteiger charge is -2.37. The van der Waals surface area contributed by atoms with Crippen LogP contribution in [0.5, 0.6) is 0 Å². The highest BCUT2D eigenvalue weighted by molar-refractivity contribution is 7.89. The number of aryl methyl sites for hydroxylation is 2. The zero-order chi connectivity index (χ0) is 16.0. The van der Waals surface area contributed by atoms with E-state index in [1.165, 1.54) is 4.31 Å². The number of nitrogens with zero attached hydrogens (tertiary/aromatic N) is 3. The van der Waals surface area contributed by atoms with Gasteiger partial charge in [-0.25, -0.2) is 8.42 Å². The van der Waals surface area contributed by atoms with Gasteiger partial charge in [-0.15, -0.1) is 0 Å². The van der Waals surface area contributed by atoms with Crippen molar-refractivity contribution >= 4 is 27.2 Å². The molecule has 0 aromatic carbocycles. The molecule has 0 atom stereocenters. The Hall–Kier alpha value is -0.990. The third-order valence-electron chi connectivity index (χ3n) is 4.46. The van der Waals surface area contributed by atoms with Gasteiger partial charge in [0.05, 0.1) is 16.4 Å². The fourth-order valence-electron chi connectivity index (χ4n) is 2.72. The van der Waals surface area contributed by atoms with Gasteiger partial charge in [-0.05, 0) is 26.7 Å². The van der Waals surface area contributed by atoms with Gasteiger partial charge in [0, 0.05) is 25.6 Å². The number of aromatic nitrogens is 2. The van der Waals surface area contributed by atoms with Crippen LogP contribution in [0.15, 0.2) is 4.90 Å². The van der Waals surface area contributed by atoms with Crippen LogP contribution in [0.3, 0.4) is 0 Å². The Morgan fingerprint density at radius 2 is 1.86 bits per heavy atom. The largest absolute Gasteiger partial charge is 0.393 e. The van der Waals surface area contributed by atoms with Crippen molar-refractivity contribution in [3.8, 4) is 0 Å². The summed E-state index contributed by atoms with van der Waals surface area (Å²) in [5, 5.41) is 4.20. The van der Waals surface area contributed by atoms with Crippen LogP contribution in [-0.4, -0.2) is 40.6 Å². The predicted octanol–water partition coefficient (Wildman–Crippen LogP) is 1.11. The molecule has 0 aliphatic carbocycles. The molecule has 1 fully saturated rings. The molecule has 0 radical (unpaired) electrons. The van der Waals surface area contributed by atoms with Crippen molar-refractivity contribution in [1.29, 1.82) is 0 Å². The Morgan fingerprint density at radius 3 is 2.24 bits per heavy atom. The number of thiocarbonyl (C=S) groups is 1. The molecule has 8 heteroatoms. The van der Waals surface area contributed by atoms with Gasteiger partial charge in [-0.1, -0.05) is 19.1 Å². The Bertz CT molecular complexity index is 671. The van der Waals surface area contributed by atoms with Crippen molar-refractivity contribution in [2.45, 2.75) is 38.5 Å². The molecule has 1 aliphatic rings. The highest BCUT2D eigenvalue weighted by Gasteiger charge is 2.38. The number of hydrogen-bond donors (Lipinski definition) is 1. The molecular weight excluding hydrogens is 308 g/mol. The van der Waals surface area contributed by atoms with Gasteiger partial charge in [0.1, 0.15) is 4.90 Å². The minimum absolute atomic E-state index is 0.250. The smallest absolute Gasteiger partial charge is 0.246 e. The lowest BCUT2D eigenvalue weighted by molar-refractivity contribution is 0.244. The van der Waals surface area contributed by atoms with E-state index < -0.39 is 10.0 Å². The van der Waals surface area contributed by atoms with E-state index in [0.717, 1.165) is 0 Å². The second-order valence-electron chi connectivity index (χ2n) is 5.95. The van der Waals surface area contributed by atoms with Crippen molar-refractivity contribution in [2.24, 2.45) is 18.2 Å². The van der Waals surface area contributed by atoms with Crippen molar-refractivity contribution < 1.29 is 8.42 Å². The van der Waals surface area contributed by atoms with Gasteiger partial charge in [-0.3, -0.25) is 4.68 Å². The lowest BCUT2D eigenvalue weighted by atomic mass is 9.81. The number of nitrogens with two attached hydrogens (primary N) is 1. The number of sulfonamides is 1. The summed E-state index contributed by atoms with van der Waals surface area (Å²) in [6, 6.07) is 0. The van der Waals surface area contributed by atoms with E-state index in [0.29, 0.717) is 47.2 Å². The zero-order valence-corrected chi connectivity index (χ0v) is 14.5. The summed E-state index contributed by atoms with van der Waals surface area (Å²) in [4.78, 5) is 0.789. The first-order chi connectivity index (χ1) is 9.59. The van der Waals surface area contributed by atoms with E-state index in [4.69, 9.17) is 18.0 Å². The molecule has 0 unspecified atom stereocenters. The van der Waals surface area contributed by atoms with Gasteiger partial charge in [0.25, 0.3) is 0 Å². The Morgan fingerprint density at radius 1 is 1.33 bits per heavy atom. The maximum Gasteiger partial charge on any atom is 0.246 e. The molecular formula is C13H22N4O2S2. The van der Waals surface area contributed by atoms with Crippen LogP contribution in [-0.2, 0) is 17.1 Å². The molecule has 118 valence electrons. The molecule has 1 saturated heterocycles. The number of rotatable bonds is 3. The minimum Gasteiger partial charge on any atom is -0.393 e. The van der Waals surface area contributed by atoms with E-state index in [9.17, 15) is 8.42 Å². The van der Waals surface area contributed by atoms with Crippen LogP contribution in [0.2, 0.25) is 0 Å². The summed E-state index contributed by atoms with van der Waals surface area (Å²) in [5.41, 5.74) is 6.72. The van der Waals surface area contributed by atoms with Crippen LogP contribution < -0.4 is 5.73 Å². The highest BCUT2D eigenvalue weighted by Crippen LogP contribution is 2.34. The van der Waals surface area contributed by atoms with Gasteiger partial charge in [0.2, 0.25) is 10.0 Å². The molecule has 21 heavy (non-hydrogen) atoms. The van der Waals surface area contributed by atoms with E-state index >= 15 is 0 Å². The molecule has 1 aromatic rings. The zero-order valence-electron chi connectivity index (χ0n) is 12.9. The summed E-state index contributed by atoms with van der Waals surface area (Å²) in [6.07, 6.45) is 1.31. The molecule has 0 spiro atoms. The van der Waals surface area contributed by atoms with Crippen molar-refractivity contribution in [1.82, 2.24) is 14.1 Å². The van der Waals surface area contributed by atoms with E-state index in [1.807, 2.05) is 6.92 Å². The van der Waals surface area contributed by atoms with Gasteiger partial charge in [0.15, 0.2) is 0 Å². The van der Waals surface area contributed by atoms with Gasteiger partial charge >= 0.3 is 0 Å². The van der Waals surface area contributed by atoms with Crippen LogP contribution >= 0.6 is 12.2 Å². The van der Waals surface area contributed by atoms with E-state index in [1.54, 1.807) is 25.6 Å². The van der Waals surface area contributed by atoms with Gasteiger partial charge < -0.3 is 5.73 Å².